The summed E-state index contributed by atoms with van der Waals surface area (Å²) in [5, 5.41) is 8.66. The maximum atomic E-state index is 11.7. The van der Waals surface area contributed by atoms with Crippen molar-refractivity contribution in [2.45, 2.75) is 13.0 Å². The summed E-state index contributed by atoms with van der Waals surface area (Å²) in [4.78, 5) is 22.3. The number of carboxylic acids is 1. The van der Waals surface area contributed by atoms with Gasteiger partial charge in [0.25, 0.3) is 0 Å². The molecule has 0 aromatic heterocycles. The Morgan fingerprint density at radius 1 is 1.05 bits per heavy atom. The lowest BCUT2D eigenvalue weighted by Crippen LogP contribution is -2.07. The average Bonchev–Trinajstić information content (AvgIpc) is 2.53. The van der Waals surface area contributed by atoms with E-state index in [9.17, 15) is 9.59 Å². The van der Waals surface area contributed by atoms with Crippen molar-refractivity contribution < 1.29 is 24.2 Å². The van der Waals surface area contributed by atoms with E-state index in [1.165, 1.54) is 19.2 Å². The van der Waals surface area contributed by atoms with Crippen LogP contribution in [0.1, 0.15) is 22.3 Å². The number of aliphatic carboxylic acids is 1. The van der Waals surface area contributed by atoms with E-state index in [-0.39, 0.29) is 5.56 Å². The summed E-state index contributed by atoms with van der Waals surface area (Å²) in [5.74, 6) is -0.737. The Labute approximate surface area is 128 Å². The summed E-state index contributed by atoms with van der Waals surface area (Å²) >= 11 is 0. The van der Waals surface area contributed by atoms with E-state index in [4.69, 9.17) is 14.6 Å². The minimum Gasteiger partial charge on any atom is -0.493 e. The highest BCUT2D eigenvalue weighted by atomic mass is 16.5. The van der Waals surface area contributed by atoms with Gasteiger partial charge in [0.2, 0.25) is 0 Å². The highest BCUT2D eigenvalue weighted by Crippen LogP contribution is 2.29. The van der Waals surface area contributed by atoms with Gasteiger partial charge in [-0.2, -0.15) is 0 Å². The maximum Gasteiger partial charge on any atom is 0.311 e. The van der Waals surface area contributed by atoms with E-state index >= 15 is 0 Å². The summed E-state index contributed by atoms with van der Waals surface area (Å²) in [6.45, 7) is 0.375. The first-order chi connectivity index (χ1) is 10.6. The standard InChI is InChI=1S/C17H16O5/c1-21-16-9-13(14(18)10-17(19)20)7-8-15(16)22-11-12-5-3-2-4-6-12/h2-9H,10-11H2,1H3,(H,19,20). The first-order valence-corrected chi connectivity index (χ1v) is 6.70. The van der Waals surface area contributed by atoms with Gasteiger partial charge in [-0.15, -0.1) is 0 Å². The number of hydrogen-bond donors (Lipinski definition) is 1. The van der Waals surface area contributed by atoms with Crippen molar-refractivity contribution in [1.29, 1.82) is 0 Å². The molecule has 0 spiro atoms. The largest absolute Gasteiger partial charge is 0.493 e. The topological polar surface area (TPSA) is 72.8 Å². The zero-order valence-electron chi connectivity index (χ0n) is 12.1. The van der Waals surface area contributed by atoms with Crippen LogP contribution in [-0.2, 0) is 11.4 Å². The summed E-state index contributed by atoms with van der Waals surface area (Å²) < 4.78 is 10.9. The number of carbonyl (C=O) groups excluding carboxylic acids is 1. The van der Waals surface area contributed by atoms with Gasteiger partial charge in [0.1, 0.15) is 13.0 Å². The van der Waals surface area contributed by atoms with Crippen LogP contribution in [0.2, 0.25) is 0 Å². The van der Waals surface area contributed by atoms with Crippen molar-refractivity contribution in [1.82, 2.24) is 0 Å². The minimum absolute atomic E-state index is 0.284. The van der Waals surface area contributed by atoms with Gasteiger partial charge in [-0.05, 0) is 23.8 Å². The molecule has 0 saturated carbocycles. The van der Waals surface area contributed by atoms with Gasteiger partial charge in [0, 0.05) is 5.56 Å². The van der Waals surface area contributed by atoms with Crippen LogP contribution in [0.15, 0.2) is 48.5 Å². The molecule has 22 heavy (non-hydrogen) atoms. The van der Waals surface area contributed by atoms with E-state index in [2.05, 4.69) is 0 Å². The van der Waals surface area contributed by atoms with E-state index in [0.717, 1.165) is 5.56 Å². The first-order valence-electron chi connectivity index (χ1n) is 6.70. The molecule has 0 aliphatic rings. The summed E-state index contributed by atoms with van der Waals surface area (Å²) in [5.41, 5.74) is 1.29. The Morgan fingerprint density at radius 3 is 2.41 bits per heavy atom. The third-order valence-corrected chi connectivity index (χ3v) is 3.03. The van der Waals surface area contributed by atoms with E-state index in [1.54, 1.807) is 6.07 Å². The number of ether oxygens (including phenoxy) is 2. The second kappa shape index (κ2) is 7.26. The zero-order valence-corrected chi connectivity index (χ0v) is 12.1. The van der Waals surface area contributed by atoms with Gasteiger partial charge in [0.05, 0.1) is 7.11 Å². The predicted octanol–water partition coefficient (Wildman–Crippen LogP) is 2.93. The number of carboxylic acid groups (broad SMARTS) is 1. The predicted molar refractivity (Wildman–Crippen MR) is 80.4 cm³/mol. The monoisotopic (exact) mass is 300 g/mol. The zero-order chi connectivity index (χ0) is 15.9. The lowest BCUT2D eigenvalue weighted by molar-refractivity contribution is -0.135. The molecule has 2 aromatic rings. The van der Waals surface area contributed by atoms with E-state index in [0.29, 0.717) is 18.1 Å². The van der Waals surface area contributed by atoms with Crippen LogP contribution in [0.25, 0.3) is 0 Å². The molecule has 0 aliphatic heterocycles. The molecule has 0 atom stereocenters. The van der Waals surface area contributed by atoms with Crippen LogP contribution in [0.4, 0.5) is 0 Å². The summed E-state index contributed by atoms with van der Waals surface area (Å²) in [6.07, 6.45) is -0.548. The first kappa shape index (κ1) is 15.6. The molecule has 5 nitrogen and oxygen atoms in total. The molecule has 0 radical (unpaired) electrons. The highest BCUT2D eigenvalue weighted by Gasteiger charge is 2.14. The molecule has 0 aliphatic carbocycles. The maximum absolute atomic E-state index is 11.7. The SMILES string of the molecule is COc1cc(C(=O)CC(=O)O)ccc1OCc1ccccc1. The second-order valence-electron chi connectivity index (χ2n) is 4.63. The van der Waals surface area contributed by atoms with Gasteiger partial charge in [-0.25, -0.2) is 0 Å². The number of carbonyl (C=O) groups is 2. The third kappa shape index (κ3) is 4.09. The lowest BCUT2D eigenvalue weighted by Gasteiger charge is -2.12. The van der Waals surface area contributed by atoms with Crippen molar-refractivity contribution in [2.75, 3.05) is 7.11 Å². The Kier molecular flexibility index (Phi) is 5.14. The minimum atomic E-state index is -1.16. The molecular weight excluding hydrogens is 284 g/mol. The fraction of sp³-hybridized carbons (Fsp3) is 0.176. The van der Waals surface area contributed by atoms with Crippen molar-refractivity contribution in [3.63, 3.8) is 0 Å². The number of ketones is 1. The lowest BCUT2D eigenvalue weighted by atomic mass is 10.1. The van der Waals surface area contributed by atoms with E-state index in [1.807, 2.05) is 30.3 Å². The van der Waals surface area contributed by atoms with Crippen LogP contribution in [0.5, 0.6) is 11.5 Å². The molecule has 0 bridgehead atoms. The number of benzene rings is 2. The smallest absolute Gasteiger partial charge is 0.311 e. The normalized spacial score (nSPS) is 10.0. The molecule has 0 heterocycles. The van der Waals surface area contributed by atoms with Crippen molar-refractivity contribution in [3.05, 3.63) is 59.7 Å². The van der Waals surface area contributed by atoms with Crippen LogP contribution in [0.3, 0.4) is 0 Å². The van der Waals surface area contributed by atoms with Crippen LogP contribution < -0.4 is 9.47 Å². The molecule has 5 heteroatoms. The Hall–Kier alpha value is -2.82. The van der Waals surface area contributed by atoms with Gasteiger partial charge in [-0.3, -0.25) is 9.59 Å². The Bertz CT molecular complexity index is 664. The molecule has 0 saturated heterocycles. The number of rotatable bonds is 7. The van der Waals surface area contributed by atoms with Gasteiger partial charge < -0.3 is 14.6 Å². The molecule has 0 amide bonds. The Morgan fingerprint density at radius 2 is 1.77 bits per heavy atom. The van der Waals surface area contributed by atoms with Crippen LogP contribution in [-0.4, -0.2) is 24.0 Å². The van der Waals surface area contributed by atoms with E-state index < -0.39 is 18.2 Å². The molecular formula is C17H16O5. The number of Topliss-reactive ketones (excluding diaryl/α,β-unsaturated/α-hetero) is 1. The fourth-order valence-corrected chi connectivity index (χ4v) is 1.94. The number of hydrogen-bond acceptors (Lipinski definition) is 4. The van der Waals surface area contributed by atoms with Gasteiger partial charge in [0.15, 0.2) is 17.3 Å². The number of methoxy groups -OCH3 is 1. The molecule has 0 unspecified atom stereocenters. The third-order valence-electron chi connectivity index (χ3n) is 3.03. The fourth-order valence-electron chi connectivity index (χ4n) is 1.94. The molecule has 2 aromatic carbocycles. The molecule has 0 fully saturated rings. The molecule has 2 rings (SSSR count). The van der Waals surface area contributed by atoms with Gasteiger partial charge >= 0.3 is 5.97 Å². The summed E-state index contributed by atoms with van der Waals surface area (Å²) in [6, 6.07) is 14.3. The highest BCUT2D eigenvalue weighted by molar-refractivity contribution is 6.05. The van der Waals surface area contributed by atoms with Crippen molar-refractivity contribution >= 4 is 11.8 Å². The van der Waals surface area contributed by atoms with Crippen molar-refractivity contribution in [2.24, 2.45) is 0 Å². The quantitative estimate of drug-likeness (QED) is 0.628. The Balaban J connectivity index is 2.12. The van der Waals surface area contributed by atoms with Gasteiger partial charge in [-0.1, -0.05) is 30.3 Å². The van der Waals surface area contributed by atoms with Crippen LogP contribution >= 0.6 is 0 Å². The molecule has 1 N–H and O–H groups in total. The van der Waals surface area contributed by atoms with Crippen LogP contribution in [0, 0.1) is 0 Å². The average molecular weight is 300 g/mol. The second-order valence-corrected chi connectivity index (χ2v) is 4.63. The van der Waals surface area contributed by atoms with Crippen molar-refractivity contribution in [3.8, 4) is 11.5 Å². The molecule has 114 valence electrons. The summed E-state index contributed by atoms with van der Waals surface area (Å²) in [7, 11) is 1.47.